The van der Waals surface area contributed by atoms with Gasteiger partial charge in [0.15, 0.2) is 0 Å². The lowest BCUT2D eigenvalue weighted by molar-refractivity contribution is -0.385. The first kappa shape index (κ1) is 21.5. The third-order valence-corrected chi connectivity index (χ3v) is 7.09. The summed E-state index contributed by atoms with van der Waals surface area (Å²) in [6.45, 7) is 0. The normalized spacial score (nSPS) is 12.0. The molecule has 6 nitrogen and oxygen atoms in total. The summed E-state index contributed by atoms with van der Waals surface area (Å²) in [6, 6.07) is 19.3. The number of non-ortho nitro benzene ring substituents is 1. The van der Waals surface area contributed by atoms with Crippen molar-refractivity contribution < 1.29 is 13.3 Å². The van der Waals surface area contributed by atoms with Gasteiger partial charge in [-0.05, 0) is 30.3 Å². The fraction of sp³-hybridized carbons (Fsp3) is 0. The van der Waals surface area contributed by atoms with Gasteiger partial charge in [0.25, 0.3) is 15.7 Å². The number of thioether (sulfide) groups is 1. The molecule has 0 bridgehead atoms. The Hall–Kier alpha value is -2.20. The zero-order valence-corrected chi connectivity index (χ0v) is 18.5. The van der Waals surface area contributed by atoms with E-state index in [4.69, 9.17) is 11.6 Å². The van der Waals surface area contributed by atoms with Gasteiger partial charge in [0.2, 0.25) is 0 Å². The van der Waals surface area contributed by atoms with E-state index >= 15 is 0 Å². The average Bonchev–Trinajstić information content (AvgIpc) is 2.69. The van der Waals surface area contributed by atoms with Crippen LogP contribution in [0.5, 0.6) is 0 Å². The zero-order chi connectivity index (χ0) is 21.0. The minimum Gasteiger partial charge on any atom is -0.258 e. The van der Waals surface area contributed by atoms with E-state index in [9.17, 15) is 18.5 Å². The summed E-state index contributed by atoms with van der Waals surface area (Å²) in [4.78, 5) is 10.7. The number of rotatable bonds is 5. The van der Waals surface area contributed by atoms with Crippen LogP contribution in [0.25, 0.3) is 0 Å². The van der Waals surface area contributed by atoms with Crippen molar-refractivity contribution in [3.8, 4) is 0 Å². The van der Waals surface area contributed by atoms with E-state index in [0.29, 0.717) is 5.56 Å². The predicted octanol–water partition coefficient (Wildman–Crippen LogP) is 5.94. The van der Waals surface area contributed by atoms with Crippen molar-refractivity contribution in [3.05, 3.63) is 98.0 Å². The molecule has 29 heavy (non-hydrogen) atoms. The molecule has 0 aliphatic heterocycles. The van der Waals surface area contributed by atoms with E-state index in [2.05, 4.69) is 20.3 Å². The third kappa shape index (κ3) is 5.45. The van der Waals surface area contributed by atoms with Gasteiger partial charge in [-0.25, -0.2) is 0 Å². The highest BCUT2D eigenvalue weighted by Gasteiger charge is 2.23. The Morgan fingerprint density at radius 3 is 2.31 bits per heavy atom. The van der Waals surface area contributed by atoms with Crippen molar-refractivity contribution in [2.45, 2.75) is 9.79 Å². The Morgan fingerprint density at radius 1 is 1.03 bits per heavy atom. The first-order chi connectivity index (χ1) is 13.8. The molecule has 0 aromatic heterocycles. The average molecular weight is 512 g/mol. The van der Waals surface area contributed by atoms with Gasteiger partial charge in [-0.2, -0.15) is 12.8 Å². The Morgan fingerprint density at radius 2 is 1.69 bits per heavy atom. The molecule has 0 saturated carbocycles. The predicted molar refractivity (Wildman–Crippen MR) is 118 cm³/mol. The monoisotopic (exact) mass is 510 g/mol. The summed E-state index contributed by atoms with van der Waals surface area (Å²) < 4.78 is 30.7. The number of nitro benzene ring substituents is 1. The number of hydrogen-bond acceptors (Lipinski definition) is 5. The van der Waals surface area contributed by atoms with E-state index in [0.717, 1.165) is 33.3 Å². The molecule has 0 fully saturated rings. The van der Waals surface area contributed by atoms with Gasteiger partial charge < -0.3 is 0 Å². The fourth-order valence-corrected chi connectivity index (χ4v) is 5.16. The van der Waals surface area contributed by atoms with Crippen LogP contribution < -0.4 is 0 Å². The van der Waals surface area contributed by atoms with Crippen LogP contribution in [0.3, 0.4) is 0 Å². The van der Waals surface area contributed by atoms with Crippen LogP contribution in [0.15, 0.2) is 91.5 Å². The smallest absolute Gasteiger partial charge is 0.258 e. The molecule has 10 heteroatoms. The molecule has 0 N–H and O–H groups in total. The Bertz CT molecular complexity index is 1180. The largest absolute Gasteiger partial charge is 0.285 e. The summed E-state index contributed by atoms with van der Waals surface area (Å²) in [7, 11) is -4.30. The third-order valence-electron chi connectivity index (χ3n) is 3.66. The molecule has 3 aromatic carbocycles. The molecular formula is C19H12BrClN2O4S2. The zero-order valence-electron chi connectivity index (χ0n) is 14.5. The second-order valence-corrected chi connectivity index (χ2v) is 9.62. The lowest BCUT2D eigenvalue weighted by Crippen LogP contribution is -2.05. The topological polar surface area (TPSA) is 89.6 Å². The van der Waals surface area contributed by atoms with E-state index in [-0.39, 0.29) is 15.8 Å². The van der Waals surface area contributed by atoms with Gasteiger partial charge in [-0.3, -0.25) is 10.1 Å². The highest BCUT2D eigenvalue weighted by molar-refractivity contribution is 9.10. The van der Waals surface area contributed by atoms with Crippen molar-refractivity contribution in [2.24, 2.45) is 4.40 Å². The highest BCUT2D eigenvalue weighted by Crippen LogP contribution is 2.31. The molecule has 0 radical (unpaired) electrons. The summed E-state index contributed by atoms with van der Waals surface area (Å²) >= 11 is 10.5. The van der Waals surface area contributed by atoms with Crippen LogP contribution in [0.2, 0.25) is 5.02 Å². The Balaban J connectivity index is 2.10. The number of nitro groups is 1. The van der Waals surface area contributed by atoms with Crippen molar-refractivity contribution in [1.82, 2.24) is 0 Å². The van der Waals surface area contributed by atoms with Gasteiger partial charge in [0, 0.05) is 27.1 Å². The molecule has 0 atom stereocenters. The summed E-state index contributed by atoms with van der Waals surface area (Å²) in [5, 5.41) is 11.1. The molecule has 3 rings (SSSR count). The second-order valence-electron chi connectivity index (χ2n) is 5.67. The summed E-state index contributed by atoms with van der Waals surface area (Å²) in [5.41, 5.74) is 0.204. The van der Waals surface area contributed by atoms with Crippen LogP contribution in [-0.4, -0.2) is 18.4 Å². The van der Waals surface area contributed by atoms with Gasteiger partial charge in [0.05, 0.1) is 9.95 Å². The van der Waals surface area contributed by atoms with Crippen LogP contribution >= 0.6 is 39.3 Å². The number of hydrogen-bond donors (Lipinski definition) is 0. The van der Waals surface area contributed by atoms with E-state index in [1.54, 1.807) is 30.3 Å². The van der Waals surface area contributed by atoms with Crippen LogP contribution in [0.4, 0.5) is 5.69 Å². The summed E-state index contributed by atoms with van der Waals surface area (Å²) in [6.07, 6.45) is 0. The van der Waals surface area contributed by atoms with Crippen molar-refractivity contribution in [1.29, 1.82) is 0 Å². The van der Waals surface area contributed by atoms with Crippen molar-refractivity contribution in [2.75, 3.05) is 0 Å². The molecule has 148 valence electrons. The minimum absolute atomic E-state index is 0.139. The number of nitrogens with zero attached hydrogens (tertiary/aromatic N) is 2. The van der Waals surface area contributed by atoms with Gasteiger partial charge in [0.1, 0.15) is 9.94 Å². The van der Waals surface area contributed by atoms with E-state index in [1.165, 1.54) is 6.07 Å². The SMILES string of the molecule is O=[N+]([O-])c1ccc(Cl)c(S(=O)(=O)/N=C(\Sc2ccc(Br)cc2)c2ccccc2)c1. The standard InChI is InChI=1S/C19H12BrClN2O4S2/c20-14-6-9-16(10-7-14)28-19(13-4-2-1-3-5-13)22-29(26,27)18-12-15(23(24)25)8-11-17(18)21/h1-12H/b22-19-. The van der Waals surface area contributed by atoms with Gasteiger partial charge in [-0.15, -0.1) is 0 Å². The van der Waals surface area contributed by atoms with E-state index in [1.807, 2.05) is 24.3 Å². The maximum atomic E-state index is 12.9. The second kappa shape index (κ2) is 9.08. The molecule has 0 unspecified atom stereocenters. The maximum Gasteiger partial charge on any atom is 0.285 e. The van der Waals surface area contributed by atoms with Crippen LogP contribution in [0.1, 0.15) is 5.56 Å². The van der Waals surface area contributed by atoms with Crippen LogP contribution in [0, 0.1) is 10.1 Å². The number of halogens is 2. The van der Waals surface area contributed by atoms with Gasteiger partial charge >= 0.3 is 0 Å². The molecule has 0 spiro atoms. The van der Waals surface area contributed by atoms with E-state index < -0.39 is 19.8 Å². The molecule has 0 heterocycles. The Labute approximate surface area is 185 Å². The number of sulfonamides is 1. The lowest BCUT2D eigenvalue weighted by atomic mass is 10.2. The highest BCUT2D eigenvalue weighted by atomic mass is 79.9. The lowest BCUT2D eigenvalue weighted by Gasteiger charge is -2.08. The molecule has 0 amide bonds. The first-order valence-corrected chi connectivity index (χ1v) is 11.5. The van der Waals surface area contributed by atoms with Crippen molar-refractivity contribution in [3.63, 3.8) is 0 Å². The summed E-state index contributed by atoms with van der Waals surface area (Å²) in [5.74, 6) is 0. The Kier molecular flexibility index (Phi) is 6.74. The number of benzene rings is 3. The molecule has 0 saturated heterocycles. The van der Waals surface area contributed by atoms with Crippen LogP contribution in [-0.2, 0) is 10.0 Å². The molecular weight excluding hydrogens is 500 g/mol. The molecule has 3 aromatic rings. The molecule has 0 aliphatic carbocycles. The quantitative estimate of drug-likeness (QED) is 0.139. The van der Waals surface area contributed by atoms with Gasteiger partial charge in [-0.1, -0.05) is 69.6 Å². The minimum atomic E-state index is -4.30. The maximum absolute atomic E-state index is 12.9. The fourth-order valence-electron chi connectivity index (χ4n) is 2.29. The first-order valence-electron chi connectivity index (χ1n) is 8.04. The van der Waals surface area contributed by atoms with Crippen molar-refractivity contribution >= 4 is 60.0 Å². The molecule has 0 aliphatic rings.